The Labute approximate surface area is 975 Å². The first-order chi connectivity index (χ1) is 49.6. The Bertz CT molecular complexity index is 4010. The second-order valence-corrected chi connectivity index (χ2v) is 22.5. The number of halogens is 4. The second kappa shape index (κ2) is 53.5. The fraction of sp³-hybridized carbons (Fsp3) is 0.162. The first-order valence-electron chi connectivity index (χ1n) is 30.4. The van der Waals surface area contributed by atoms with Crippen LogP contribution in [0.1, 0.15) is 90.4 Å². The van der Waals surface area contributed by atoms with Gasteiger partial charge in [-0.15, -0.1) is 0 Å². The number of carboxylic acids is 8. The molecule has 0 aromatic heterocycles. The fourth-order valence-electron chi connectivity index (χ4n) is 11.5. The van der Waals surface area contributed by atoms with Crippen LogP contribution in [0.4, 0.5) is 17.6 Å². The van der Waals surface area contributed by atoms with E-state index in [9.17, 15) is 79.2 Å². The number of carbonyl (C=O) groups excluding carboxylic acids is 8. The summed E-state index contributed by atoms with van der Waals surface area (Å²) in [6.07, 6.45) is 0. The fourth-order valence-corrected chi connectivity index (χ4v) is 11.5. The molecular formula is C74H50F4K8O26. The van der Waals surface area contributed by atoms with Crippen molar-refractivity contribution in [1.82, 2.24) is 0 Å². The number of aromatic hydroxyl groups is 2. The van der Waals surface area contributed by atoms with E-state index in [0.29, 0.717) is 0 Å². The molecule has 0 saturated carbocycles. The zero-order valence-corrected chi connectivity index (χ0v) is 86.3. The second-order valence-electron chi connectivity index (χ2n) is 22.5. The van der Waals surface area contributed by atoms with Crippen LogP contribution in [0.15, 0.2) is 170 Å². The van der Waals surface area contributed by atoms with E-state index in [1.165, 1.54) is 91.0 Å². The van der Waals surface area contributed by atoms with E-state index in [0.717, 1.165) is 72.8 Å². The van der Waals surface area contributed by atoms with Crippen molar-refractivity contribution in [1.29, 1.82) is 0 Å². The predicted octanol–water partition coefficient (Wildman–Crippen LogP) is -24.6. The zero-order chi connectivity index (χ0) is 75.1. The molecule has 0 amide bonds. The summed E-state index contributed by atoms with van der Waals surface area (Å²) in [6, 6.07) is 31.2. The number of rotatable bonds is 28. The summed E-state index contributed by atoms with van der Waals surface area (Å²) in [6.45, 7) is -10.7. The van der Waals surface area contributed by atoms with Gasteiger partial charge in [-0.2, -0.15) is 0 Å². The summed E-state index contributed by atoms with van der Waals surface area (Å²) >= 11 is 0. The maximum absolute atomic E-state index is 15.4. The number of aliphatic carboxylic acids is 8. The quantitative estimate of drug-likeness (QED) is 0.0340. The number of phenolic OH excluding ortho intramolecular Hbond substituents is 2. The number of hydrogen-bond donors (Lipinski definition) is 2. The molecule has 0 heterocycles. The third-order valence-electron chi connectivity index (χ3n) is 15.5. The van der Waals surface area contributed by atoms with Crippen molar-refractivity contribution >= 4 is 47.8 Å². The van der Waals surface area contributed by atoms with Gasteiger partial charge < -0.3 is 127 Å². The maximum atomic E-state index is 15.4. The minimum atomic E-state index is -1.89. The first kappa shape index (κ1) is 110. The van der Waals surface area contributed by atoms with Gasteiger partial charge in [-0.25, -0.2) is 17.6 Å². The van der Waals surface area contributed by atoms with Gasteiger partial charge in [0, 0.05) is 98.5 Å². The summed E-state index contributed by atoms with van der Waals surface area (Å²) in [5.74, 6) is -30.2. The molecule has 38 heteroatoms. The summed E-state index contributed by atoms with van der Waals surface area (Å²) in [5, 5.41) is 117. The molecule has 9 aromatic carbocycles. The van der Waals surface area contributed by atoms with E-state index in [1.54, 1.807) is 6.07 Å². The average molecular weight is 1740 g/mol. The Balaban J connectivity index is 0.00000368. The summed E-state index contributed by atoms with van der Waals surface area (Å²) < 4.78 is 109. The van der Waals surface area contributed by atoms with Crippen LogP contribution >= 0.6 is 0 Å². The van der Waals surface area contributed by atoms with E-state index in [4.69, 9.17) is 48.1 Å². The minimum absolute atomic E-state index is 0. The van der Waals surface area contributed by atoms with E-state index in [1.807, 2.05) is 0 Å². The minimum Gasteiger partial charge on any atom is -0.546 e. The van der Waals surface area contributed by atoms with E-state index >= 15 is 17.6 Å². The molecular weight excluding hydrogens is 1690 g/mol. The molecule has 1 aliphatic carbocycles. The molecule has 10 rings (SSSR count). The number of benzene rings is 9. The van der Waals surface area contributed by atoms with Crippen LogP contribution in [0.2, 0.25) is 0 Å². The molecule has 112 heavy (non-hydrogen) atoms. The molecule has 2 N–H and O–H groups in total. The van der Waals surface area contributed by atoms with Crippen molar-refractivity contribution < 1.29 is 556 Å². The van der Waals surface area contributed by atoms with Crippen molar-refractivity contribution in [3.05, 3.63) is 260 Å². The van der Waals surface area contributed by atoms with Crippen LogP contribution in [0.3, 0.4) is 0 Å². The van der Waals surface area contributed by atoms with Crippen LogP contribution in [-0.2, 0) is 38.4 Å². The van der Waals surface area contributed by atoms with Crippen molar-refractivity contribution in [3.63, 3.8) is 0 Å². The molecule has 9 aromatic rings. The van der Waals surface area contributed by atoms with Gasteiger partial charge in [-0.1, -0.05) is 54.6 Å². The molecule has 0 fully saturated rings. The maximum Gasteiger partial charge on any atom is 1.00 e. The Hall–Kier alpha value is -0.449. The van der Waals surface area contributed by atoms with Crippen LogP contribution in [0.25, 0.3) is 0 Å². The van der Waals surface area contributed by atoms with E-state index in [-0.39, 0.29) is 489 Å². The molecule has 0 aliphatic heterocycles. The van der Waals surface area contributed by atoms with Crippen LogP contribution in [-0.4, -0.2) is 111 Å². The summed E-state index contributed by atoms with van der Waals surface area (Å²) in [4.78, 5) is 100. The molecule has 0 unspecified atom stereocenters. The molecule has 8 bridgehead atoms. The van der Waals surface area contributed by atoms with Gasteiger partial charge in [0.1, 0.15) is 134 Å². The normalized spacial score (nSPS) is 13.2. The van der Waals surface area contributed by atoms with Crippen LogP contribution < -0.4 is 490 Å². The number of hydrogen-bond acceptors (Lipinski definition) is 26. The number of phenols is 2. The first-order valence-corrected chi connectivity index (χ1v) is 30.4. The molecule has 26 nitrogen and oxygen atoms in total. The monoisotopic (exact) mass is 1740 g/mol. The van der Waals surface area contributed by atoms with Crippen LogP contribution in [0.5, 0.6) is 57.5 Å². The van der Waals surface area contributed by atoms with Crippen molar-refractivity contribution in [3.8, 4) is 57.5 Å². The SMILES string of the molecule is O=C([O-])COc1cc(OCC(=O)[O-])c2cc1C(c1ccc(F)cc1)c1cc(c(OCC(=O)[O-])cc1OCC(=O)[O-])C(c1ccc(F)cc1)c1cc(c(OCC(=O)[O-])cc1OCC(=O)[O-])C(c1ccc(F)cc1)c1cc(c(OCC(=O)[O-])cc1OCC(=O)[O-])C2c1ccc(F)cc1.Oc1cccc(O)c1.[K+].[K+].[K+].[K+].[K+].[K+].[K+].[K+]. The Kier molecular flexibility index (Phi) is 52.3. The summed E-state index contributed by atoms with van der Waals surface area (Å²) in [5.41, 5.74) is -2.87. The number of carbonyl (C=O) groups is 8. The van der Waals surface area contributed by atoms with Crippen LogP contribution in [0, 0.1) is 23.3 Å². The van der Waals surface area contributed by atoms with E-state index in [2.05, 4.69) is 0 Å². The van der Waals surface area contributed by atoms with Gasteiger partial charge in [0.25, 0.3) is 0 Å². The average Bonchev–Trinajstić information content (AvgIpc) is 0.734. The van der Waals surface area contributed by atoms with Gasteiger partial charge in [0.05, 0.1) is 47.8 Å². The van der Waals surface area contributed by atoms with E-state index < -0.39 is 194 Å². The number of carboxylic acid groups (broad SMARTS) is 8. The van der Waals surface area contributed by atoms with Crippen molar-refractivity contribution in [2.24, 2.45) is 0 Å². The Morgan fingerprint density at radius 3 is 0.500 bits per heavy atom. The van der Waals surface area contributed by atoms with Crippen molar-refractivity contribution in [2.75, 3.05) is 52.9 Å². The third-order valence-corrected chi connectivity index (χ3v) is 15.5. The zero-order valence-electron chi connectivity index (χ0n) is 61.3. The largest absolute Gasteiger partial charge is 1.00 e. The molecule has 1 aliphatic rings. The number of fused-ring (bicyclic) bond motifs is 8. The van der Waals surface area contributed by atoms with Crippen molar-refractivity contribution in [2.45, 2.75) is 23.7 Å². The third kappa shape index (κ3) is 31.8. The number of ether oxygens (including phenoxy) is 8. The standard InChI is InChI=1S/C68H52F4O24.C6H6O2.8K/c69-37-9-1-33(2-10-37)65-41-17-43(51(91-27-59(77)78)21-49(41)89-25-57(73)74)66(34-3-11-38(70)12-4-34)45-19-47(55(95-31-63(85)86)23-53(45)93-29-61(81)82)68(36-7-15-40(72)16-8-36)48-20-46(54(94-30-62(83)84)24-56(48)96-32-64(87)88)67(35-5-13-39(71)14-6-35)44-18-42(65)50(90-26-58(75)76)22-52(44)92-28-60(79)80;7-5-2-1-3-6(8)4-5;;;;;;;;/h1-24,65-68H,25-32H2,(H,73,74)(H,75,76)(H,77,78)(H,79,80)(H,81,82)(H,83,84)(H,85,86)(H,87,88);1-4,7-8H;;;;;;;;/q;;8*+1/p-8. The molecule has 0 radical (unpaired) electrons. The Morgan fingerprint density at radius 1 is 0.241 bits per heavy atom. The van der Waals surface area contributed by atoms with Gasteiger partial charge in [0.15, 0.2) is 0 Å². The van der Waals surface area contributed by atoms with Gasteiger partial charge in [-0.3, -0.25) is 0 Å². The topological polar surface area (TPSA) is 435 Å². The smallest absolute Gasteiger partial charge is 0.546 e. The molecule has 0 spiro atoms. The molecule has 538 valence electrons. The molecule has 0 saturated heterocycles. The van der Waals surface area contributed by atoms with Gasteiger partial charge >= 0.3 is 411 Å². The van der Waals surface area contributed by atoms with Gasteiger partial charge in [-0.05, 0) is 107 Å². The summed E-state index contributed by atoms with van der Waals surface area (Å²) in [7, 11) is 0. The Morgan fingerprint density at radius 2 is 0.384 bits per heavy atom. The van der Waals surface area contributed by atoms with Gasteiger partial charge in [0.2, 0.25) is 0 Å². The molecule has 0 atom stereocenters. The predicted molar refractivity (Wildman–Crippen MR) is 329 cm³/mol.